The second-order valence-electron chi connectivity index (χ2n) is 8.42. The average molecular weight is 399 g/mol. The number of piperidine rings is 1. The van der Waals surface area contributed by atoms with Gasteiger partial charge in [0.15, 0.2) is 6.61 Å². The smallest absolute Gasteiger partial charge is 0.336 e. The Bertz CT molecular complexity index is 952. The van der Waals surface area contributed by atoms with Crippen LogP contribution in [0.25, 0.3) is 11.0 Å². The van der Waals surface area contributed by atoms with Crippen molar-refractivity contribution in [2.45, 2.75) is 57.5 Å². The zero-order chi connectivity index (χ0) is 20.4. The maximum atomic E-state index is 12.7. The van der Waals surface area contributed by atoms with Crippen LogP contribution in [0.3, 0.4) is 0 Å². The van der Waals surface area contributed by atoms with Gasteiger partial charge in [0.25, 0.3) is 5.91 Å². The first-order chi connectivity index (χ1) is 14.0. The Morgan fingerprint density at radius 3 is 3.00 bits per heavy atom. The van der Waals surface area contributed by atoms with Gasteiger partial charge in [-0.2, -0.15) is 0 Å². The molecule has 4 rings (SSSR count). The van der Waals surface area contributed by atoms with E-state index in [1.165, 1.54) is 0 Å². The lowest BCUT2D eigenvalue weighted by Crippen LogP contribution is -2.55. The van der Waals surface area contributed by atoms with Crippen molar-refractivity contribution in [2.24, 2.45) is 5.92 Å². The molecule has 1 aliphatic carbocycles. The van der Waals surface area contributed by atoms with Gasteiger partial charge in [-0.1, -0.05) is 26.2 Å². The molecular formula is C23H29NO5. The van der Waals surface area contributed by atoms with Gasteiger partial charge in [-0.25, -0.2) is 4.79 Å². The van der Waals surface area contributed by atoms with E-state index in [2.05, 4.69) is 6.92 Å². The van der Waals surface area contributed by atoms with Crippen LogP contribution in [0.5, 0.6) is 5.75 Å². The van der Waals surface area contributed by atoms with Crippen LogP contribution in [-0.2, 0) is 11.2 Å². The molecular weight excluding hydrogens is 370 g/mol. The summed E-state index contributed by atoms with van der Waals surface area (Å²) in [5, 5.41) is 11.7. The molecule has 2 fully saturated rings. The Kier molecular flexibility index (Phi) is 5.63. The number of likely N-dealkylation sites (tertiary alicyclic amines) is 1. The summed E-state index contributed by atoms with van der Waals surface area (Å²) < 4.78 is 11.0. The standard InChI is InChI=1S/C23H29NO5/c1-2-5-16-12-22(26)29-20-13-18(7-8-19(16)20)28-15-21(25)24-11-10-23(27)9-4-3-6-17(23)14-24/h7-8,12-13,17,27H,2-6,9-11,14-15H2,1H3/t17-,23+/m1/s1. The monoisotopic (exact) mass is 399 g/mol. The molecule has 1 aliphatic heterocycles. The van der Waals surface area contributed by atoms with Crippen LogP contribution < -0.4 is 10.4 Å². The molecule has 1 saturated carbocycles. The molecule has 29 heavy (non-hydrogen) atoms. The van der Waals surface area contributed by atoms with E-state index < -0.39 is 5.60 Å². The van der Waals surface area contributed by atoms with Crippen molar-refractivity contribution < 1.29 is 19.1 Å². The Hall–Kier alpha value is -2.34. The fourth-order valence-corrected chi connectivity index (χ4v) is 4.81. The summed E-state index contributed by atoms with van der Waals surface area (Å²) in [6.07, 6.45) is 6.41. The lowest BCUT2D eigenvalue weighted by Gasteiger charge is -2.47. The van der Waals surface area contributed by atoms with Crippen LogP contribution >= 0.6 is 0 Å². The lowest BCUT2D eigenvalue weighted by atomic mass is 9.71. The molecule has 0 unspecified atom stereocenters. The van der Waals surface area contributed by atoms with E-state index in [0.717, 1.165) is 49.5 Å². The molecule has 2 heterocycles. The third kappa shape index (κ3) is 4.17. The molecule has 6 heteroatoms. The van der Waals surface area contributed by atoms with Gasteiger partial charge in [0.1, 0.15) is 11.3 Å². The van der Waals surface area contributed by atoms with Crippen LogP contribution in [0, 0.1) is 5.92 Å². The third-order valence-electron chi connectivity index (χ3n) is 6.46. The van der Waals surface area contributed by atoms with E-state index in [-0.39, 0.29) is 24.1 Å². The normalized spacial score (nSPS) is 24.3. The predicted molar refractivity (Wildman–Crippen MR) is 110 cm³/mol. The van der Waals surface area contributed by atoms with Crippen LogP contribution in [0.15, 0.2) is 33.5 Å². The van der Waals surface area contributed by atoms with E-state index >= 15 is 0 Å². The zero-order valence-corrected chi connectivity index (χ0v) is 17.0. The molecule has 156 valence electrons. The number of aliphatic hydroxyl groups is 1. The molecule has 0 spiro atoms. The Morgan fingerprint density at radius 2 is 2.17 bits per heavy atom. The van der Waals surface area contributed by atoms with E-state index in [0.29, 0.717) is 30.8 Å². The largest absolute Gasteiger partial charge is 0.484 e. The minimum atomic E-state index is -0.595. The second-order valence-corrected chi connectivity index (χ2v) is 8.42. The first-order valence-corrected chi connectivity index (χ1v) is 10.7. The summed E-state index contributed by atoms with van der Waals surface area (Å²) in [5.74, 6) is 0.605. The Labute approximate surface area is 170 Å². The fourth-order valence-electron chi connectivity index (χ4n) is 4.81. The lowest BCUT2D eigenvalue weighted by molar-refractivity contribution is -0.145. The molecule has 1 aromatic heterocycles. The molecule has 2 aromatic rings. The number of amides is 1. The van der Waals surface area contributed by atoms with Gasteiger partial charge in [0.05, 0.1) is 5.60 Å². The quantitative estimate of drug-likeness (QED) is 0.781. The second kappa shape index (κ2) is 8.19. The summed E-state index contributed by atoms with van der Waals surface area (Å²) in [7, 11) is 0. The minimum absolute atomic E-state index is 0.0600. The molecule has 1 aromatic carbocycles. The van der Waals surface area contributed by atoms with Crippen molar-refractivity contribution in [3.63, 3.8) is 0 Å². The number of benzene rings is 1. The van der Waals surface area contributed by atoms with Gasteiger partial charge in [0, 0.05) is 36.5 Å². The van der Waals surface area contributed by atoms with E-state index in [1.54, 1.807) is 12.1 Å². The molecule has 6 nitrogen and oxygen atoms in total. The summed E-state index contributed by atoms with van der Waals surface area (Å²) in [6.45, 7) is 3.18. The van der Waals surface area contributed by atoms with Gasteiger partial charge < -0.3 is 19.2 Å². The highest BCUT2D eigenvalue weighted by atomic mass is 16.5. The fraction of sp³-hybridized carbons (Fsp3) is 0.565. The van der Waals surface area contributed by atoms with Gasteiger partial charge in [-0.15, -0.1) is 0 Å². The van der Waals surface area contributed by atoms with E-state index in [9.17, 15) is 14.7 Å². The number of fused-ring (bicyclic) bond motifs is 2. The van der Waals surface area contributed by atoms with Crippen LogP contribution in [0.2, 0.25) is 0 Å². The highest BCUT2D eigenvalue weighted by molar-refractivity contribution is 5.82. The summed E-state index contributed by atoms with van der Waals surface area (Å²) in [5.41, 5.74) is 0.482. The van der Waals surface area contributed by atoms with Gasteiger partial charge in [-0.3, -0.25) is 4.79 Å². The molecule has 1 saturated heterocycles. The number of hydrogen-bond donors (Lipinski definition) is 1. The number of hydrogen-bond acceptors (Lipinski definition) is 5. The summed E-state index contributed by atoms with van der Waals surface area (Å²) >= 11 is 0. The maximum absolute atomic E-state index is 12.7. The number of aryl methyl sites for hydroxylation is 1. The average Bonchev–Trinajstić information content (AvgIpc) is 2.71. The van der Waals surface area contributed by atoms with Crippen LogP contribution in [0.1, 0.15) is 51.0 Å². The predicted octanol–water partition coefficient (Wildman–Crippen LogP) is 3.28. The highest BCUT2D eigenvalue weighted by Gasteiger charge is 2.43. The number of nitrogens with zero attached hydrogens (tertiary/aromatic N) is 1. The molecule has 0 bridgehead atoms. The number of carbonyl (C=O) groups is 1. The number of carbonyl (C=O) groups excluding carboxylic acids is 1. The number of ether oxygens (including phenoxy) is 1. The topological polar surface area (TPSA) is 80.0 Å². The zero-order valence-electron chi connectivity index (χ0n) is 17.0. The molecule has 2 aliphatic rings. The van der Waals surface area contributed by atoms with Crippen molar-refractivity contribution in [3.8, 4) is 5.75 Å². The maximum Gasteiger partial charge on any atom is 0.336 e. The van der Waals surface area contributed by atoms with Crippen molar-refractivity contribution in [2.75, 3.05) is 19.7 Å². The van der Waals surface area contributed by atoms with Crippen molar-refractivity contribution in [1.29, 1.82) is 0 Å². The molecule has 1 amide bonds. The van der Waals surface area contributed by atoms with Crippen LogP contribution in [-0.4, -0.2) is 41.2 Å². The van der Waals surface area contributed by atoms with Crippen molar-refractivity contribution in [3.05, 3.63) is 40.2 Å². The summed E-state index contributed by atoms with van der Waals surface area (Å²) in [4.78, 5) is 26.3. The van der Waals surface area contributed by atoms with Crippen LogP contribution in [0.4, 0.5) is 0 Å². The van der Waals surface area contributed by atoms with Gasteiger partial charge in [-0.05, 0) is 43.4 Å². The van der Waals surface area contributed by atoms with Gasteiger partial charge >= 0.3 is 5.63 Å². The SMILES string of the molecule is CCCc1cc(=O)oc2cc(OCC(=O)N3CC[C@@]4(O)CCCC[C@@H]4C3)ccc12. The van der Waals surface area contributed by atoms with E-state index in [4.69, 9.17) is 9.15 Å². The Morgan fingerprint density at radius 1 is 1.31 bits per heavy atom. The molecule has 2 atom stereocenters. The minimum Gasteiger partial charge on any atom is -0.484 e. The third-order valence-corrected chi connectivity index (χ3v) is 6.46. The van der Waals surface area contributed by atoms with Crippen molar-refractivity contribution in [1.82, 2.24) is 4.90 Å². The van der Waals surface area contributed by atoms with Crippen molar-refractivity contribution >= 4 is 16.9 Å². The summed E-state index contributed by atoms with van der Waals surface area (Å²) in [6, 6.07) is 6.91. The first-order valence-electron chi connectivity index (χ1n) is 10.7. The first kappa shape index (κ1) is 20.0. The van der Waals surface area contributed by atoms with Gasteiger partial charge in [0.2, 0.25) is 0 Å². The Balaban J connectivity index is 1.41. The molecule has 1 N–H and O–H groups in total. The number of rotatable bonds is 5. The van der Waals surface area contributed by atoms with E-state index in [1.807, 2.05) is 17.0 Å². The highest BCUT2D eigenvalue weighted by Crippen LogP contribution is 2.39. The molecule has 0 radical (unpaired) electrons.